The Labute approximate surface area is 144 Å². The van der Waals surface area contributed by atoms with Gasteiger partial charge in [-0.05, 0) is 36.2 Å². The molecule has 0 aliphatic heterocycles. The first kappa shape index (κ1) is 15.2. The lowest BCUT2D eigenvalue weighted by Gasteiger charge is -2.16. The minimum atomic E-state index is -0.197. The van der Waals surface area contributed by atoms with Gasteiger partial charge >= 0.3 is 5.69 Å². The highest BCUT2D eigenvalue weighted by atomic mass is 16.1. The van der Waals surface area contributed by atoms with Crippen LogP contribution in [-0.2, 0) is 0 Å². The zero-order valence-corrected chi connectivity index (χ0v) is 13.8. The molecule has 0 radical (unpaired) electrons. The number of rotatable bonds is 4. The Hall–Kier alpha value is -3.34. The third-order valence-electron chi connectivity index (χ3n) is 4.27. The molecule has 1 atom stereocenters. The van der Waals surface area contributed by atoms with Crippen molar-refractivity contribution in [1.29, 1.82) is 0 Å². The van der Waals surface area contributed by atoms with Gasteiger partial charge in [0.2, 0.25) is 0 Å². The van der Waals surface area contributed by atoms with E-state index < -0.39 is 0 Å². The molecule has 25 heavy (non-hydrogen) atoms. The van der Waals surface area contributed by atoms with Crippen molar-refractivity contribution in [2.24, 2.45) is 0 Å². The van der Waals surface area contributed by atoms with E-state index in [2.05, 4.69) is 45.4 Å². The van der Waals surface area contributed by atoms with E-state index >= 15 is 0 Å². The van der Waals surface area contributed by atoms with Crippen LogP contribution in [0.3, 0.4) is 0 Å². The molecule has 0 unspecified atom stereocenters. The lowest BCUT2D eigenvalue weighted by molar-refractivity contribution is 0.883. The number of nitrogens with one attached hydrogen (secondary N) is 3. The van der Waals surface area contributed by atoms with Crippen molar-refractivity contribution in [2.75, 3.05) is 5.32 Å². The maximum Gasteiger partial charge on any atom is 0.323 e. The third-order valence-corrected chi connectivity index (χ3v) is 4.27. The minimum Gasteiger partial charge on any atom is -0.377 e. The van der Waals surface area contributed by atoms with E-state index in [0.29, 0.717) is 0 Å². The van der Waals surface area contributed by atoms with Crippen molar-refractivity contribution >= 4 is 16.7 Å². The number of fused-ring (bicyclic) bond motifs is 1. The molecular formula is C20H18N4O. The van der Waals surface area contributed by atoms with E-state index in [9.17, 15) is 4.79 Å². The molecule has 0 spiro atoms. The van der Waals surface area contributed by atoms with Crippen molar-refractivity contribution in [3.05, 3.63) is 83.0 Å². The lowest BCUT2D eigenvalue weighted by atomic mass is 10.1. The first-order chi connectivity index (χ1) is 12.2. The van der Waals surface area contributed by atoms with Crippen molar-refractivity contribution < 1.29 is 0 Å². The molecule has 0 amide bonds. The van der Waals surface area contributed by atoms with Gasteiger partial charge in [-0.3, -0.25) is 4.98 Å². The van der Waals surface area contributed by atoms with Gasteiger partial charge in [-0.15, -0.1) is 0 Å². The standard InChI is InChI=1S/C20H18N4O/c1-13(14-5-3-2-4-6-14)22-17-9-16(11-21-12-17)15-7-8-18-19(10-15)24-20(25)23-18/h2-13,22H,1H3,(H2,23,24,25)/t13-/m0/s1. The first-order valence-corrected chi connectivity index (χ1v) is 8.18. The molecule has 0 aliphatic carbocycles. The summed E-state index contributed by atoms with van der Waals surface area (Å²) in [5.74, 6) is 0. The molecule has 0 bridgehead atoms. The van der Waals surface area contributed by atoms with Crippen molar-refractivity contribution in [3.63, 3.8) is 0 Å². The Morgan fingerprint density at radius 2 is 1.72 bits per heavy atom. The maximum absolute atomic E-state index is 11.4. The second-order valence-corrected chi connectivity index (χ2v) is 6.08. The molecule has 2 aromatic carbocycles. The zero-order valence-electron chi connectivity index (χ0n) is 13.8. The summed E-state index contributed by atoms with van der Waals surface area (Å²) < 4.78 is 0. The number of aromatic nitrogens is 3. The van der Waals surface area contributed by atoms with Crippen LogP contribution in [0, 0.1) is 0 Å². The number of pyridine rings is 1. The van der Waals surface area contributed by atoms with Crippen molar-refractivity contribution in [3.8, 4) is 11.1 Å². The summed E-state index contributed by atoms with van der Waals surface area (Å²) in [6, 6.07) is 18.4. The van der Waals surface area contributed by atoms with Crippen molar-refractivity contribution in [1.82, 2.24) is 15.0 Å². The highest BCUT2D eigenvalue weighted by molar-refractivity contribution is 5.81. The molecule has 2 heterocycles. The van der Waals surface area contributed by atoms with Gasteiger partial charge in [0.25, 0.3) is 0 Å². The number of hydrogen-bond donors (Lipinski definition) is 3. The van der Waals surface area contributed by atoms with Gasteiger partial charge in [0.05, 0.1) is 16.7 Å². The summed E-state index contributed by atoms with van der Waals surface area (Å²) in [6.45, 7) is 2.12. The Balaban J connectivity index is 1.63. The normalized spacial score (nSPS) is 12.2. The Kier molecular flexibility index (Phi) is 3.82. The molecule has 0 saturated carbocycles. The molecule has 3 N–H and O–H groups in total. The highest BCUT2D eigenvalue weighted by Gasteiger charge is 2.07. The average molecular weight is 330 g/mol. The van der Waals surface area contributed by atoms with Gasteiger partial charge in [-0.2, -0.15) is 0 Å². The van der Waals surface area contributed by atoms with Crippen LogP contribution in [0.2, 0.25) is 0 Å². The summed E-state index contributed by atoms with van der Waals surface area (Å²) >= 11 is 0. The number of anilines is 1. The number of nitrogens with zero attached hydrogens (tertiary/aromatic N) is 1. The Bertz CT molecular complexity index is 1070. The summed E-state index contributed by atoms with van der Waals surface area (Å²) in [4.78, 5) is 21.3. The maximum atomic E-state index is 11.4. The minimum absolute atomic E-state index is 0.182. The second kappa shape index (κ2) is 6.28. The van der Waals surface area contributed by atoms with Gasteiger partial charge < -0.3 is 15.3 Å². The topological polar surface area (TPSA) is 73.6 Å². The average Bonchev–Trinajstić information content (AvgIpc) is 3.02. The molecule has 4 aromatic rings. The van der Waals surface area contributed by atoms with Crippen LogP contribution in [0.5, 0.6) is 0 Å². The summed E-state index contributed by atoms with van der Waals surface area (Å²) in [5.41, 5.74) is 5.57. The number of hydrogen-bond acceptors (Lipinski definition) is 3. The second-order valence-electron chi connectivity index (χ2n) is 6.08. The summed E-state index contributed by atoms with van der Waals surface area (Å²) in [5, 5.41) is 3.48. The molecule has 124 valence electrons. The Morgan fingerprint density at radius 1 is 0.920 bits per heavy atom. The van der Waals surface area contributed by atoms with Gasteiger partial charge in [0.15, 0.2) is 0 Å². The third kappa shape index (κ3) is 3.17. The summed E-state index contributed by atoms with van der Waals surface area (Å²) in [6.07, 6.45) is 3.64. The van der Waals surface area contributed by atoms with E-state index in [1.165, 1.54) is 5.56 Å². The van der Waals surface area contributed by atoms with E-state index in [4.69, 9.17) is 0 Å². The molecule has 5 heteroatoms. The van der Waals surface area contributed by atoms with Crippen LogP contribution < -0.4 is 11.0 Å². The van der Waals surface area contributed by atoms with Crippen LogP contribution in [0.1, 0.15) is 18.5 Å². The predicted octanol–water partition coefficient (Wildman–Crippen LogP) is 4.09. The van der Waals surface area contributed by atoms with Crippen LogP contribution in [0.15, 0.2) is 71.8 Å². The monoisotopic (exact) mass is 330 g/mol. The fourth-order valence-corrected chi connectivity index (χ4v) is 2.96. The van der Waals surface area contributed by atoms with Gasteiger partial charge in [0.1, 0.15) is 0 Å². The molecule has 0 fully saturated rings. The highest BCUT2D eigenvalue weighted by Crippen LogP contribution is 2.26. The van der Waals surface area contributed by atoms with E-state index in [1.807, 2.05) is 48.8 Å². The quantitative estimate of drug-likeness (QED) is 0.527. The zero-order chi connectivity index (χ0) is 17.2. The van der Waals surface area contributed by atoms with Crippen LogP contribution in [0.25, 0.3) is 22.2 Å². The summed E-state index contributed by atoms with van der Waals surface area (Å²) in [7, 11) is 0. The van der Waals surface area contributed by atoms with E-state index in [-0.39, 0.29) is 11.7 Å². The fourth-order valence-electron chi connectivity index (χ4n) is 2.96. The smallest absolute Gasteiger partial charge is 0.323 e. The molecule has 0 aliphatic rings. The van der Waals surface area contributed by atoms with E-state index in [1.54, 1.807) is 0 Å². The van der Waals surface area contributed by atoms with Gasteiger partial charge in [-0.1, -0.05) is 36.4 Å². The molecule has 0 saturated heterocycles. The molecule has 5 nitrogen and oxygen atoms in total. The Morgan fingerprint density at radius 3 is 2.56 bits per heavy atom. The van der Waals surface area contributed by atoms with Crippen LogP contribution in [-0.4, -0.2) is 15.0 Å². The number of aromatic amines is 2. The van der Waals surface area contributed by atoms with Gasteiger partial charge in [0, 0.05) is 24.0 Å². The van der Waals surface area contributed by atoms with E-state index in [0.717, 1.165) is 27.8 Å². The number of imidazole rings is 1. The lowest BCUT2D eigenvalue weighted by Crippen LogP contribution is -2.06. The molecular weight excluding hydrogens is 312 g/mol. The fraction of sp³-hybridized carbons (Fsp3) is 0.100. The molecule has 4 rings (SSSR count). The first-order valence-electron chi connectivity index (χ1n) is 8.18. The van der Waals surface area contributed by atoms with Gasteiger partial charge in [-0.25, -0.2) is 4.79 Å². The van der Waals surface area contributed by atoms with Crippen LogP contribution in [0.4, 0.5) is 5.69 Å². The number of benzene rings is 2. The largest absolute Gasteiger partial charge is 0.377 e. The molecule has 2 aromatic heterocycles. The predicted molar refractivity (Wildman–Crippen MR) is 101 cm³/mol. The number of H-pyrrole nitrogens is 2. The SMILES string of the molecule is C[C@H](Nc1cncc(-c2ccc3[nH]c(=O)[nH]c3c2)c1)c1ccccc1. The van der Waals surface area contributed by atoms with Crippen LogP contribution >= 0.6 is 0 Å². The van der Waals surface area contributed by atoms with Crippen molar-refractivity contribution in [2.45, 2.75) is 13.0 Å².